The molecule has 0 atom stereocenters. The van der Waals surface area contributed by atoms with Crippen molar-refractivity contribution in [3.8, 4) is 11.5 Å². The van der Waals surface area contributed by atoms with Crippen LogP contribution in [0, 0.1) is 0 Å². The first kappa shape index (κ1) is 21.5. The molecule has 0 saturated carbocycles. The lowest BCUT2D eigenvalue weighted by Gasteiger charge is -2.26. The van der Waals surface area contributed by atoms with Gasteiger partial charge in [-0.15, -0.1) is 0 Å². The van der Waals surface area contributed by atoms with E-state index in [4.69, 9.17) is 9.47 Å². The van der Waals surface area contributed by atoms with Gasteiger partial charge >= 0.3 is 0 Å². The first-order chi connectivity index (χ1) is 14.2. The minimum atomic E-state index is -0.00607. The van der Waals surface area contributed by atoms with Crippen molar-refractivity contribution >= 4 is 23.4 Å². The molecule has 1 fully saturated rings. The molecule has 0 unspecified atom stereocenters. The molecule has 29 heavy (non-hydrogen) atoms. The number of hydrogen-bond donors (Lipinski definition) is 1. The van der Waals surface area contributed by atoms with Gasteiger partial charge in [0.15, 0.2) is 11.5 Å². The summed E-state index contributed by atoms with van der Waals surface area (Å²) in [6.45, 7) is 3.49. The third kappa shape index (κ3) is 6.41. The fraction of sp³-hybridized carbons (Fsp3) is 0.435. The molecule has 0 aliphatic carbocycles. The highest BCUT2D eigenvalue weighted by Gasteiger charge is 2.12. The summed E-state index contributed by atoms with van der Waals surface area (Å²) in [7, 11) is 3.23. The number of rotatable bonds is 9. The maximum atomic E-state index is 12.4. The van der Waals surface area contributed by atoms with E-state index in [1.165, 1.54) is 30.2 Å². The van der Waals surface area contributed by atoms with Gasteiger partial charge in [0.2, 0.25) is 5.91 Å². The predicted octanol–water partition coefficient (Wildman–Crippen LogP) is 3.87. The zero-order chi connectivity index (χ0) is 20.5. The van der Waals surface area contributed by atoms with E-state index in [-0.39, 0.29) is 5.91 Å². The van der Waals surface area contributed by atoms with E-state index in [1.807, 2.05) is 42.1 Å². The number of benzene rings is 2. The van der Waals surface area contributed by atoms with Crippen molar-refractivity contribution in [1.82, 2.24) is 4.90 Å². The molecule has 0 aromatic heterocycles. The Morgan fingerprint density at radius 3 is 2.48 bits per heavy atom. The average Bonchev–Trinajstić information content (AvgIpc) is 2.77. The average molecular weight is 415 g/mol. The molecule has 156 valence electrons. The van der Waals surface area contributed by atoms with Crippen LogP contribution in [-0.4, -0.2) is 56.2 Å². The minimum absolute atomic E-state index is 0.00607. The van der Waals surface area contributed by atoms with E-state index in [0.29, 0.717) is 24.3 Å². The number of aryl methyl sites for hydroxylation is 1. The van der Waals surface area contributed by atoms with Crippen LogP contribution >= 0.6 is 11.8 Å². The number of para-hydroxylation sites is 1. The molecule has 2 aromatic rings. The summed E-state index contributed by atoms with van der Waals surface area (Å²) in [5.74, 6) is 3.86. The van der Waals surface area contributed by atoms with Crippen molar-refractivity contribution in [2.75, 3.05) is 50.7 Å². The van der Waals surface area contributed by atoms with Crippen LogP contribution in [0.3, 0.4) is 0 Å². The largest absolute Gasteiger partial charge is 0.493 e. The van der Waals surface area contributed by atoms with Gasteiger partial charge in [-0.05, 0) is 42.2 Å². The Hall–Kier alpha value is -2.18. The van der Waals surface area contributed by atoms with E-state index in [9.17, 15) is 4.79 Å². The first-order valence-corrected chi connectivity index (χ1v) is 11.2. The standard InChI is InChI=1S/C23H30N2O3S/c1-27-21-5-3-4-19(23(21)28-2)8-11-22(26)24-20-9-6-18(7-10-20)12-13-25-14-16-29-17-15-25/h3-7,9-10H,8,11-17H2,1-2H3,(H,24,26). The molecule has 1 aliphatic heterocycles. The fourth-order valence-electron chi connectivity index (χ4n) is 3.49. The van der Waals surface area contributed by atoms with Gasteiger partial charge in [0.25, 0.3) is 0 Å². The second-order valence-electron chi connectivity index (χ2n) is 7.10. The highest BCUT2D eigenvalue weighted by Crippen LogP contribution is 2.31. The normalized spacial score (nSPS) is 14.4. The van der Waals surface area contributed by atoms with Crippen LogP contribution in [0.2, 0.25) is 0 Å². The van der Waals surface area contributed by atoms with Crippen LogP contribution in [0.5, 0.6) is 11.5 Å². The molecule has 1 heterocycles. The minimum Gasteiger partial charge on any atom is -0.493 e. The van der Waals surface area contributed by atoms with Crippen molar-refractivity contribution in [3.63, 3.8) is 0 Å². The van der Waals surface area contributed by atoms with Gasteiger partial charge in [0.05, 0.1) is 14.2 Å². The summed E-state index contributed by atoms with van der Waals surface area (Å²) in [6.07, 6.45) is 2.03. The Kier molecular flexibility index (Phi) is 8.25. The highest BCUT2D eigenvalue weighted by atomic mass is 32.2. The predicted molar refractivity (Wildman–Crippen MR) is 120 cm³/mol. The van der Waals surface area contributed by atoms with E-state index in [2.05, 4.69) is 22.3 Å². The van der Waals surface area contributed by atoms with E-state index >= 15 is 0 Å². The van der Waals surface area contributed by atoms with Crippen LogP contribution in [-0.2, 0) is 17.6 Å². The zero-order valence-corrected chi connectivity index (χ0v) is 18.1. The number of thioether (sulfide) groups is 1. The second-order valence-corrected chi connectivity index (χ2v) is 8.33. The molecule has 1 saturated heterocycles. The van der Waals surface area contributed by atoms with Gasteiger partial charge in [-0.1, -0.05) is 24.3 Å². The maximum absolute atomic E-state index is 12.4. The molecule has 1 amide bonds. The van der Waals surface area contributed by atoms with E-state index in [1.54, 1.807) is 14.2 Å². The number of hydrogen-bond acceptors (Lipinski definition) is 5. The Labute approximate surface area is 177 Å². The maximum Gasteiger partial charge on any atom is 0.224 e. The van der Waals surface area contributed by atoms with Crippen molar-refractivity contribution in [3.05, 3.63) is 53.6 Å². The molecule has 0 bridgehead atoms. The van der Waals surface area contributed by atoms with Gasteiger partial charge in [-0.3, -0.25) is 4.79 Å². The number of amides is 1. The lowest BCUT2D eigenvalue weighted by atomic mass is 10.1. The molecule has 3 rings (SSSR count). The number of carbonyl (C=O) groups is 1. The lowest BCUT2D eigenvalue weighted by Crippen LogP contribution is -2.34. The number of carbonyl (C=O) groups excluding carboxylic acids is 1. The third-order valence-corrected chi connectivity index (χ3v) is 6.11. The summed E-state index contributed by atoms with van der Waals surface area (Å²) in [6, 6.07) is 13.9. The van der Waals surface area contributed by atoms with Gasteiger partial charge < -0.3 is 19.7 Å². The molecule has 5 nitrogen and oxygen atoms in total. The molecular weight excluding hydrogens is 384 g/mol. The zero-order valence-electron chi connectivity index (χ0n) is 17.3. The summed E-state index contributed by atoms with van der Waals surface area (Å²) < 4.78 is 10.8. The second kappa shape index (κ2) is 11.1. The topological polar surface area (TPSA) is 50.8 Å². The van der Waals surface area contributed by atoms with Crippen molar-refractivity contribution < 1.29 is 14.3 Å². The van der Waals surface area contributed by atoms with Crippen LogP contribution in [0.4, 0.5) is 5.69 Å². The quantitative estimate of drug-likeness (QED) is 0.675. The molecule has 6 heteroatoms. The molecule has 0 spiro atoms. The van der Waals surface area contributed by atoms with Crippen molar-refractivity contribution in [1.29, 1.82) is 0 Å². The first-order valence-electron chi connectivity index (χ1n) is 10.1. The molecule has 1 N–H and O–H groups in total. The van der Waals surface area contributed by atoms with Crippen molar-refractivity contribution in [2.24, 2.45) is 0 Å². The molecular formula is C23H30N2O3S. The number of methoxy groups -OCH3 is 2. The van der Waals surface area contributed by atoms with E-state index in [0.717, 1.165) is 24.2 Å². The summed E-state index contributed by atoms with van der Waals surface area (Å²) in [5, 5.41) is 2.99. The Morgan fingerprint density at radius 1 is 1.03 bits per heavy atom. The Bertz CT molecular complexity index is 789. The number of anilines is 1. The fourth-order valence-corrected chi connectivity index (χ4v) is 4.47. The lowest BCUT2D eigenvalue weighted by molar-refractivity contribution is -0.116. The van der Waals surface area contributed by atoms with Gasteiger partial charge in [-0.2, -0.15) is 11.8 Å². The van der Waals surface area contributed by atoms with Gasteiger partial charge in [-0.25, -0.2) is 0 Å². The van der Waals surface area contributed by atoms with Crippen molar-refractivity contribution in [2.45, 2.75) is 19.3 Å². The molecule has 2 aromatic carbocycles. The Morgan fingerprint density at radius 2 is 1.79 bits per heavy atom. The van der Waals surface area contributed by atoms with Gasteiger partial charge in [0.1, 0.15) is 0 Å². The summed E-state index contributed by atoms with van der Waals surface area (Å²) in [4.78, 5) is 14.9. The van der Waals surface area contributed by atoms with Crippen LogP contribution in [0.25, 0.3) is 0 Å². The summed E-state index contributed by atoms with van der Waals surface area (Å²) >= 11 is 2.04. The summed E-state index contributed by atoms with van der Waals surface area (Å²) in [5.41, 5.74) is 3.11. The smallest absolute Gasteiger partial charge is 0.224 e. The third-order valence-electron chi connectivity index (χ3n) is 5.16. The Balaban J connectivity index is 1.47. The van der Waals surface area contributed by atoms with Crippen LogP contribution in [0.15, 0.2) is 42.5 Å². The van der Waals surface area contributed by atoms with Crippen LogP contribution < -0.4 is 14.8 Å². The number of ether oxygens (including phenoxy) is 2. The molecule has 0 radical (unpaired) electrons. The monoisotopic (exact) mass is 414 g/mol. The van der Waals surface area contributed by atoms with E-state index < -0.39 is 0 Å². The van der Waals surface area contributed by atoms with Crippen LogP contribution in [0.1, 0.15) is 17.5 Å². The SMILES string of the molecule is COc1cccc(CCC(=O)Nc2ccc(CCN3CCSCC3)cc2)c1OC. The highest BCUT2D eigenvalue weighted by molar-refractivity contribution is 7.99. The number of nitrogens with one attached hydrogen (secondary N) is 1. The van der Waals surface area contributed by atoms with Gasteiger partial charge in [0, 0.05) is 43.2 Å². The molecule has 1 aliphatic rings. The number of nitrogens with zero attached hydrogens (tertiary/aromatic N) is 1.